The molecule has 27 heavy (non-hydrogen) atoms. The van der Waals surface area contributed by atoms with E-state index in [0.29, 0.717) is 37.7 Å². The highest BCUT2D eigenvalue weighted by Crippen LogP contribution is 2.70. The van der Waals surface area contributed by atoms with Crippen molar-refractivity contribution in [2.24, 2.45) is 28.6 Å². The summed E-state index contributed by atoms with van der Waals surface area (Å²) in [6, 6.07) is 0. The van der Waals surface area contributed by atoms with Crippen LogP contribution in [0.5, 0.6) is 0 Å². The SMILES string of the molecule is C=C1C(=O)C23C(O)C1CCCC2C1(CCC(O)CC)C(O)OC3C(O)C1C. The van der Waals surface area contributed by atoms with Crippen molar-refractivity contribution in [3.63, 3.8) is 0 Å². The van der Waals surface area contributed by atoms with Crippen molar-refractivity contribution in [1.82, 2.24) is 0 Å². The molecule has 0 aromatic heterocycles. The largest absolute Gasteiger partial charge is 0.393 e. The first kappa shape index (κ1) is 19.5. The number of ether oxygens (including phenoxy) is 1. The van der Waals surface area contributed by atoms with Crippen LogP contribution in [0.4, 0.5) is 0 Å². The first-order valence-corrected chi connectivity index (χ1v) is 10.4. The van der Waals surface area contributed by atoms with E-state index >= 15 is 0 Å². The number of carbonyl (C=O) groups excluding carboxylic acids is 1. The molecule has 10 unspecified atom stereocenters. The molecule has 4 bridgehead atoms. The summed E-state index contributed by atoms with van der Waals surface area (Å²) in [7, 11) is 0. The van der Waals surface area contributed by atoms with E-state index in [1.807, 2.05) is 13.8 Å². The van der Waals surface area contributed by atoms with Gasteiger partial charge in [-0.15, -0.1) is 0 Å². The van der Waals surface area contributed by atoms with E-state index in [1.165, 1.54) is 0 Å². The van der Waals surface area contributed by atoms with Gasteiger partial charge in [0.2, 0.25) is 0 Å². The summed E-state index contributed by atoms with van der Waals surface area (Å²) in [5.41, 5.74) is -1.68. The number of aliphatic hydroxyl groups excluding tert-OH is 4. The molecule has 1 spiro atoms. The molecule has 5 fully saturated rings. The number of ketones is 1. The van der Waals surface area contributed by atoms with Gasteiger partial charge in [-0.3, -0.25) is 4.79 Å². The summed E-state index contributed by atoms with van der Waals surface area (Å²) >= 11 is 0. The van der Waals surface area contributed by atoms with Crippen molar-refractivity contribution >= 4 is 5.78 Å². The highest BCUT2D eigenvalue weighted by atomic mass is 16.6. The molecule has 6 heteroatoms. The van der Waals surface area contributed by atoms with Gasteiger partial charge in [0.05, 0.1) is 23.7 Å². The van der Waals surface area contributed by atoms with E-state index < -0.39 is 41.5 Å². The third-order valence-electron chi connectivity index (χ3n) is 8.49. The first-order valence-electron chi connectivity index (χ1n) is 10.4. The van der Waals surface area contributed by atoms with Crippen LogP contribution in [0.25, 0.3) is 0 Å². The van der Waals surface area contributed by atoms with Crippen molar-refractivity contribution in [1.29, 1.82) is 0 Å². The number of hydrogen-bond acceptors (Lipinski definition) is 6. The molecular weight excluding hydrogens is 348 g/mol. The Kier molecular flexibility index (Phi) is 4.60. The summed E-state index contributed by atoms with van der Waals surface area (Å²) in [4.78, 5) is 13.4. The number of hydrogen-bond donors (Lipinski definition) is 4. The summed E-state index contributed by atoms with van der Waals surface area (Å²) in [6.07, 6.45) is -0.732. The second-order valence-corrected chi connectivity index (χ2v) is 9.22. The van der Waals surface area contributed by atoms with Crippen molar-refractivity contribution in [3.05, 3.63) is 12.2 Å². The Bertz CT molecular complexity index is 649. The average molecular weight is 380 g/mol. The number of carbonyl (C=O) groups is 1. The predicted molar refractivity (Wildman–Crippen MR) is 97.4 cm³/mol. The molecular formula is C21H32O6. The van der Waals surface area contributed by atoms with E-state index in [9.17, 15) is 25.2 Å². The lowest BCUT2D eigenvalue weighted by Gasteiger charge is -2.67. The summed E-state index contributed by atoms with van der Waals surface area (Å²) in [6.45, 7) is 7.76. The topological polar surface area (TPSA) is 107 Å². The van der Waals surface area contributed by atoms with Gasteiger partial charge in [0.25, 0.3) is 0 Å². The fraction of sp³-hybridized carbons (Fsp3) is 0.857. The van der Waals surface area contributed by atoms with Crippen molar-refractivity contribution in [2.75, 3.05) is 0 Å². The van der Waals surface area contributed by atoms with E-state index in [2.05, 4.69) is 6.58 Å². The van der Waals surface area contributed by atoms with Gasteiger partial charge in [0.1, 0.15) is 6.10 Å². The van der Waals surface area contributed by atoms with Gasteiger partial charge in [-0.2, -0.15) is 0 Å². The predicted octanol–water partition coefficient (Wildman–Crippen LogP) is 1.15. The molecule has 0 aromatic carbocycles. The third kappa shape index (κ3) is 2.16. The lowest BCUT2D eigenvalue weighted by molar-refractivity contribution is -0.384. The van der Waals surface area contributed by atoms with Crippen molar-refractivity contribution in [3.8, 4) is 0 Å². The Morgan fingerprint density at radius 1 is 1.30 bits per heavy atom. The highest BCUT2D eigenvalue weighted by molar-refractivity contribution is 6.04. The quantitative estimate of drug-likeness (QED) is 0.545. The molecule has 4 N–H and O–H groups in total. The second kappa shape index (κ2) is 6.36. The normalized spacial score (nSPS) is 52.6. The zero-order valence-electron chi connectivity index (χ0n) is 16.2. The van der Waals surface area contributed by atoms with E-state index in [1.54, 1.807) is 0 Å². The zero-order valence-corrected chi connectivity index (χ0v) is 16.2. The van der Waals surface area contributed by atoms with Gasteiger partial charge in [-0.1, -0.05) is 26.8 Å². The maximum Gasteiger partial charge on any atom is 0.170 e. The molecule has 5 rings (SSSR count). The van der Waals surface area contributed by atoms with Crippen LogP contribution in [0.1, 0.15) is 52.4 Å². The maximum absolute atomic E-state index is 13.4. The van der Waals surface area contributed by atoms with E-state index in [4.69, 9.17) is 4.74 Å². The van der Waals surface area contributed by atoms with Crippen LogP contribution in [0.2, 0.25) is 0 Å². The fourth-order valence-electron chi connectivity index (χ4n) is 6.97. The molecule has 3 aliphatic carbocycles. The molecule has 3 saturated carbocycles. The first-order chi connectivity index (χ1) is 12.7. The van der Waals surface area contributed by atoms with Gasteiger partial charge in [-0.25, -0.2) is 0 Å². The smallest absolute Gasteiger partial charge is 0.170 e. The van der Waals surface area contributed by atoms with Gasteiger partial charge in [0.15, 0.2) is 12.1 Å². The number of aliphatic hydroxyl groups is 4. The molecule has 152 valence electrons. The molecule has 2 heterocycles. The van der Waals surface area contributed by atoms with Crippen molar-refractivity contribution in [2.45, 2.75) is 83.1 Å². The number of fused-ring (bicyclic) bond motifs is 3. The van der Waals surface area contributed by atoms with Crippen LogP contribution in [-0.4, -0.2) is 56.9 Å². The maximum atomic E-state index is 13.4. The van der Waals surface area contributed by atoms with E-state index in [-0.39, 0.29) is 23.5 Å². The van der Waals surface area contributed by atoms with Crippen LogP contribution in [-0.2, 0) is 9.53 Å². The minimum atomic E-state index is -1.24. The second-order valence-electron chi connectivity index (χ2n) is 9.22. The Balaban J connectivity index is 1.87. The molecule has 0 amide bonds. The zero-order chi connectivity index (χ0) is 19.7. The Hall–Kier alpha value is -0.790. The van der Waals surface area contributed by atoms with Crippen molar-refractivity contribution < 1.29 is 30.0 Å². The monoisotopic (exact) mass is 380 g/mol. The molecule has 2 saturated heterocycles. The van der Waals surface area contributed by atoms with Crippen LogP contribution >= 0.6 is 0 Å². The molecule has 0 radical (unpaired) electrons. The Morgan fingerprint density at radius 3 is 2.67 bits per heavy atom. The Morgan fingerprint density at radius 2 is 2.00 bits per heavy atom. The molecule has 0 aromatic rings. The number of Topliss-reactive ketones (excluding diaryl/α,β-unsaturated/α-hetero) is 1. The molecule has 10 atom stereocenters. The van der Waals surface area contributed by atoms with Crippen LogP contribution < -0.4 is 0 Å². The minimum absolute atomic E-state index is 0.201. The van der Waals surface area contributed by atoms with Gasteiger partial charge < -0.3 is 25.2 Å². The third-order valence-corrected chi connectivity index (χ3v) is 8.49. The molecule has 5 aliphatic rings. The van der Waals surface area contributed by atoms with Gasteiger partial charge in [0, 0.05) is 11.3 Å². The molecule has 2 aliphatic heterocycles. The minimum Gasteiger partial charge on any atom is -0.393 e. The summed E-state index contributed by atoms with van der Waals surface area (Å²) in [5.74, 6) is -1.10. The van der Waals surface area contributed by atoms with Crippen LogP contribution in [0.15, 0.2) is 12.2 Å². The summed E-state index contributed by atoms with van der Waals surface area (Å²) in [5, 5.41) is 43.5. The fourth-order valence-corrected chi connectivity index (χ4v) is 6.97. The van der Waals surface area contributed by atoms with Crippen LogP contribution in [0, 0.1) is 28.6 Å². The van der Waals surface area contributed by atoms with Crippen LogP contribution in [0.3, 0.4) is 0 Å². The van der Waals surface area contributed by atoms with Gasteiger partial charge in [-0.05, 0) is 49.5 Å². The van der Waals surface area contributed by atoms with Gasteiger partial charge >= 0.3 is 0 Å². The standard InChI is InChI=1S/C21H32O6/c1-4-12(22)8-9-20-11(3)15(23)18(27-19(20)26)21-14(20)7-5-6-13(17(21)25)10(2)16(21)24/h11-15,17-19,22-23,25-26H,2,4-9H2,1,3H3. The molecule has 6 nitrogen and oxygen atoms in total. The Labute approximate surface area is 160 Å². The lowest BCUT2D eigenvalue weighted by atomic mass is 9.43. The number of rotatable bonds is 4. The lowest BCUT2D eigenvalue weighted by Crippen LogP contribution is -2.76. The summed E-state index contributed by atoms with van der Waals surface area (Å²) < 4.78 is 5.87. The average Bonchev–Trinajstić information content (AvgIpc) is 2.77. The van der Waals surface area contributed by atoms with E-state index in [0.717, 1.165) is 6.42 Å². The highest BCUT2D eigenvalue weighted by Gasteiger charge is 2.78.